The summed E-state index contributed by atoms with van der Waals surface area (Å²) in [5.74, 6) is -0.0228. The summed E-state index contributed by atoms with van der Waals surface area (Å²) in [7, 11) is -2.25. The zero-order valence-electron chi connectivity index (χ0n) is 17.8. The Morgan fingerprint density at radius 2 is 1.86 bits per heavy atom. The predicted molar refractivity (Wildman–Crippen MR) is 111 cm³/mol. The van der Waals surface area contributed by atoms with E-state index in [4.69, 9.17) is 4.74 Å². The van der Waals surface area contributed by atoms with Gasteiger partial charge in [0, 0.05) is 32.3 Å². The summed E-state index contributed by atoms with van der Waals surface area (Å²) in [5, 5.41) is 0. The highest BCUT2D eigenvalue weighted by atomic mass is 32.2. The van der Waals surface area contributed by atoms with Crippen LogP contribution in [-0.4, -0.2) is 68.7 Å². The number of sulfonamides is 1. The molecule has 7 nitrogen and oxygen atoms in total. The molecule has 0 radical (unpaired) electrons. The minimum atomic E-state index is -3.84. The first-order chi connectivity index (χ1) is 13.7. The van der Waals surface area contributed by atoms with Crippen LogP contribution in [0.3, 0.4) is 0 Å². The first-order valence-corrected chi connectivity index (χ1v) is 11.5. The van der Waals surface area contributed by atoms with Crippen LogP contribution in [-0.2, 0) is 19.6 Å². The van der Waals surface area contributed by atoms with Crippen LogP contribution in [0.1, 0.15) is 50.4 Å². The van der Waals surface area contributed by atoms with E-state index in [1.54, 1.807) is 12.0 Å². The van der Waals surface area contributed by atoms with Crippen LogP contribution < -0.4 is 0 Å². The van der Waals surface area contributed by atoms with Crippen LogP contribution in [0.2, 0.25) is 0 Å². The van der Waals surface area contributed by atoms with E-state index in [9.17, 15) is 18.0 Å². The fraction of sp³-hybridized carbons (Fsp3) is 0.619. The van der Waals surface area contributed by atoms with Crippen LogP contribution in [0.25, 0.3) is 0 Å². The number of nitrogens with zero attached hydrogens (tertiary/aromatic N) is 2. The number of carbonyl (C=O) groups is 2. The molecular formula is C21H32N2O5S. The van der Waals surface area contributed by atoms with Gasteiger partial charge in [-0.25, -0.2) is 8.42 Å². The van der Waals surface area contributed by atoms with Crippen LogP contribution in [0.15, 0.2) is 29.2 Å². The standard InChI is InChI=1S/C21H32N2O5S/c1-16(2)15-22(13-14-28-4)21(25)20-7-5-6-12-23(20)29(26,27)19-10-8-18(9-11-19)17(3)24/h8-11,16,20H,5-7,12-15H2,1-4H3. The van der Waals surface area contributed by atoms with Crippen LogP contribution in [0.5, 0.6) is 0 Å². The summed E-state index contributed by atoms with van der Waals surface area (Å²) >= 11 is 0. The summed E-state index contributed by atoms with van der Waals surface area (Å²) < 4.78 is 33.0. The van der Waals surface area contributed by atoms with Gasteiger partial charge in [-0.1, -0.05) is 32.4 Å². The quantitative estimate of drug-likeness (QED) is 0.569. The number of methoxy groups -OCH3 is 1. The van der Waals surface area contributed by atoms with Gasteiger partial charge in [-0.2, -0.15) is 4.31 Å². The molecule has 0 spiro atoms. The van der Waals surface area contributed by atoms with Crippen molar-refractivity contribution in [2.24, 2.45) is 5.92 Å². The molecule has 1 aromatic carbocycles. The number of amides is 1. The smallest absolute Gasteiger partial charge is 0.243 e. The molecule has 1 amide bonds. The minimum absolute atomic E-state index is 0.106. The summed E-state index contributed by atoms with van der Waals surface area (Å²) in [6.45, 7) is 7.20. The lowest BCUT2D eigenvalue weighted by Crippen LogP contribution is -2.54. The van der Waals surface area contributed by atoms with Crippen molar-refractivity contribution < 1.29 is 22.7 Å². The summed E-state index contributed by atoms with van der Waals surface area (Å²) in [4.78, 5) is 26.6. The largest absolute Gasteiger partial charge is 0.383 e. The third kappa shape index (κ3) is 5.87. The molecule has 1 aliphatic heterocycles. The van der Waals surface area contributed by atoms with Crippen molar-refractivity contribution in [1.29, 1.82) is 0 Å². The number of rotatable bonds is 9. The molecule has 1 saturated heterocycles. The van der Waals surface area contributed by atoms with Crippen molar-refractivity contribution in [3.8, 4) is 0 Å². The normalized spacial score (nSPS) is 18.0. The second kappa shape index (κ2) is 10.3. The molecule has 1 aliphatic rings. The van der Waals surface area contributed by atoms with Gasteiger partial charge in [-0.3, -0.25) is 9.59 Å². The maximum Gasteiger partial charge on any atom is 0.243 e. The van der Waals surface area contributed by atoms with Crippen molar-refractivity contribution in [3.05, 3.63) is 29.8 Å². The Bertz CT molecular complexity index is 805. The number of hydrogen-bond acceptors (Lipinski definition) is 5. The van der Waals surface area contributed by atoms with Gasteiger partial charge in [-0.05, 0) is 37.8 Å². The van der Waals surface area contributed by atoms with E-state index in [1.807, 2.05) is 13.8 Å². The topological polar surface area (TPSA) is 84.0 Å². The van der Waals surface area contributed by atoms with Crippen LogP contribution in [0.4, 0.5) is 0 Å². The molecule has 0 N–H and O–H groups in total. The molecule has 1 atom stereocenters. The van der Waals surface area contributed by atoms with Gasteiger partial charge in [0.15, 0.2) is 5.78 Å². The molecule has 0 aliphatic carbocycles. The fourth-order valence-electron chi connectivity index (χ4n) is 3.58. The number of carbonyl (C=O) groups excluding carboxylic acids is 2. The van der Waals surface area contributed by atoms with Crippen LogP contribution in [0, 0.1) is 5.92 Å². The first kappa shape index (κ1) is 23.5. The van der Waals surface area contributed by atoms with Gasteiger partial charge < -0.3 is 9.64 Å². The van der Waals surface area contributed by atoms with Crippen molar-refractivity contribution in [3.63, 3.8) is 0 Å². The number of hydrogen-bond donors (Lipinski definition) is 0. The lowest BCUT2D eigenvalue weighted by molar-refractivity contribution is -0.137. The van der Waals surface area contributed by atoms with E-state index in [0.717, 1.165) is 12.8 Å². The predicted octanol–water partition coefficient (Wildman–Crippen LogP) is 2.56. The highest BCUT2D eigenvalue weighted by molar-refractivity contribution is 7.89. The molecule has 162 valence electrons. The van der Waals surface area contributed by atoms with E-state index in [2.05, 4.69) is 0 Å². The molecule has 1 heterocycles. The molecule has 29 heavy (non-hydrogen) atoms. The maximum absolute atomic E-state index is 13.3. The summed E-state index contributed by atoms with van der Waals surface area (Å²) in [6, 6.07) is 5.20. The third-order valence-electron chi connectivity index (χ3n) is 5.07. The van der Waals surface area contributed by atoms with Crippen molar-refractivity contribution >= 4 is 21.7 Å². The lowest BCUT2D eigenvalue weighted by atomic mass is 10.0. The van der Waals surface area contributed by atoms with Gasteiger partial charge in [0.1, 0.15) is 6.04 Å². The number of piperidine rings is 1. The van der Waals surface area contributed by atoms with Gasteiger partial charge in [-0.15, -0.1) is 0 Å². The summed E-state index contributed by atoms with van der Waals surface area (Å²) in [6.07, 6.45) is 2.04. The Labute approximate surface area is 174 Å². The zero-order chi connectivity index (χ0) is 21.6. The highest BCUT2D eigenvalue weighted by Crippen LogP contribution is 2.27. The maximum atomic E-state index is 13.3. The second-order valence-electron chi connectivity index (χ2n) is 7.88. The zero-order valence-corrected chi connectivity index (χ0v) is 18.6. The summed E-state index contributed by atoms with van der Waals surface area (Å²) in [5.41, 5.74) is 0.456. The molecule has 1 unspecified atom stereocenters. The molecular weight excluding hydrogens is 392 g/mol. The second-order valence-corrected chi connectivity index (χ2v) is 9.77. The first-order valence-electron chi connectivity index (χ1n) is 10.1. The van der Waals surface area contributed by atoms with Gasteiger partial charge in [0.2, 0.25) is 15.9 Å². The molecule has 0 aromatic heterocycles. The van der Waals surface area contributed by atoms with E-state index in [1.165, 1.54) is 35.5 Å². The van der Waals surface area contributed by atoms with Gasteiger partial charge >= 0.3 is 0 Å². The Kier molecular flexibility index (Phi) is 8.36. The Morgan fingerprint density at radius 3 is 2.41 bits per heavy atom. The fourth-order valence-corrected chi connectivity index (χ4v) is 5.23. The van der Waals surface area contributed by atoms with E-state index in [0.29, 0.717) is 38.2 Å². The molecule has 2 rings (SSSR count). The SMILES string of the molecule is COCCN(CC(C)C)C(=O)C1CCCCN1S(=O)(=O)c1ccc(C(C)=O)cc1. The van der Waals surface area contributed by atoms with Crippen molar-refractivity contribution in [2.75, 3.05) is 33.4 Å². The third-order valence-corrected chi connectivity index (χ3v) is 6.99. The van der Waals surface area contributed by atoms with Gasteiger partial charge in [0.05, 0.1) is 11.5 Å². The number of ether oxygens (including phenoxy) is 1. The average Bonchev–Trinajstić information content (AvgIpc) is 2.70. The number of Topliss-reactive ketones (excluding diaryl/α,β-unsaturated/α-hetero) is 1. The Hall–Kier alpha value is -1.77. The van der Waals surface area contributed by atoms with Crippen molar-refractivity contribution in [2.45, 2.75) is 51.0 Å². The minimum Gasteiger partial charge on any atom is -0.383 e. The molecule has 8 heteroatoms. The monoisotopic (exact) mass is 424 g/mol. The van der Waals surface area contributed by atoms with Crippen LogP contribution >= 0.6 is 0 Å². The average molecular weight is 425 g/mol. The number of ketones is 1. The Morgan fingerprint density at radius 1 is 1.21 bits per heavy atom. The molecule has 1 fully saturated rings. The van der Waals surface area contributed by atoms with E-state index in [-0.39, 0.29) is 22.5 Å². The molecule has 0 saturated carbocycles. The lowest BCUT2D eigenvalue weighted by Gasteiger charge is -2.37. The Balaban J connectivity index is 2.30. The molecule has 1 aromatic rings. The van der Waals surface area contributed by atoms with E-state index < -0.39 is 16.1 Å². The highest BCUT2D eigenvalue weighted by Gasteiger charge is 2.39. The number of benzene rings is 1. The van der Waals surface area contributed by atoms with Gasteiger partial charge in [0.25, 0.3) is 0 Å². The molecule has 0 bridgehead atoms. The van der Waals surface area contributed by atoms with Crippen molar-refractivity contribution in [1.82, 2.24) is 9.21 Å². The van der Waals surface area contributed by atoms with E-state index >= 15 is 0 Å².